The molecule has 0 radical (unpaired) electrons. The molecule has 0 bridgehead atoms. The zero-order chi connectivity index (χ0) is 19.4. The van der Waals surface area contributed by atoms with Crippen molar-refractivity contribution in [2.45, 2.75) is 25.5 Å². The minimum absolute atomic E-state index is 0.0938. The number of amides is 1. The van der Waals surface area contributed by atoms with E-state index >= 15 is 0 Å². The Morgan fingerprint density at radius 2 is 2.00 bits per heavy atom. The van der Waals surface area contributed by atoms with E-state index < -0.39 is 23.5 Å². The Balaban J connectivity index is 1.86. The van der Waals surface area contributed by atoms with Gasteiger partial charge in [0.2, 0.25) is 0 Å². The van der Waals surface area contributed by atoms with Gasteiger partial charge in [0.15, 0.2) is 0 Å². The van der Waals surface area contributed by atoms with Crippen LogP contribution in [-0.4, -0.2) is 41.1 Å². The third kappa shape index (κ3) is 4.68. The third-order valence-corrected chi connectivity index (χ3v) is 4.44. The van der Waals surface area contributed by atoms with Crippen LogP contribution in [0.4, 0.5) is 8.78 Å². The van der Waals surface area contributed by atoms with Crippen molar-refractivity contribution in [1.29, 1.82) is 0 Å². The van der Waals surface area contributed by atoms with Crippen LogP contribution in [0.15, 0.2) is 42.5 Å². The minimum atomic E-state index is -1.27. The summed E-state index contributed by atoms with van der Waals surface area (Å²) in [6.07, 6.45) is 1.51. The number of halogens is 2. The molecule has 0 saturated carbocycles. The van der Waals surface area contributed by atoms with Gasteiger partial charge in [-0.2, -0.15) is 0 Å². The molecule has 0 aromatic heterocycles. The molecule has 1 fully saturated rings. The molecule has 1 aliphatic heterocycles. The van der Waals surface area contributed by atoms with Crippen LogP contribution in [0.2, 0.25) is 0 Å². The first-order valence-electron chi connectivity index (χ1n) is 8.62. The molecule has 0 aliphatic carbocycles. The first-order valence-corrected chi connectivity index (χ1v) is 8.62. The van der Waals surface area contributed by atoms with Gasteiger partial charge in [0.1, 0.15) is 11.6 Å². The molecule has 2 aromatic rings. The Morgan fingerprint density at radius 1 is 1.19 bits per heavy atom. The number of carbonyl (C=O) groups excluding carboxylic acids is 1. The smallest absolute Gasteiger partial charge is 0.335 e. The summed E-state index contributed by atoms with van der Waals surface area (Å²) in [5.74, 6) is -3.20. The van der Waals surface area contributed by atoms with E-state index in [1.165, 1.54) is 23.1 Å². The lowest BCUT2D eigenvalue weighted by atomic mass is 10.1. The van der Waals surface area contributed by atoms with Gasteiger partial charge < -0.3 is 14.7 Å². The molecule has 1 atom stereocenters. The van der Waals surface area contributed by atoms with E-state index in [0.29, 0.717) is 12.2 Å². The number of hydrogen-bond donors (Lipinski definition) is 1. The van der Waals surface area contributed by atoms with Gasteiger partial charge >= 0.3 is 5.97 Å². The zero-order valence-corrected chi connectivity index (χ0v) is 14.5. The summed E-state index contributed by atoms with van der Waals surface area (Å²) in [5, 5.41) is 8.94. The summed E-state index contributed by atoms with van der Waals surface area (Å²) in [4.78, 5) is 25.3. The van der Waals surface area contributed by atoms with Gasteiger partial charge in [-0.3, -0.25) is 4.79 Å². The topological polar surface area (TPSA) is 66.8 Å². The number of hydrogen-bond acceptors (Lipinski definition) is 3. The molecule has 1 unspecified atom stereocenters. The van der Waals surface area contributed by atoms with Crippen LogP contribution in [0.5, 0.6) is 0 Å². The summed E-state index contributed by atoms with van der Waals surface area (Å²) in [5.41, 5.74) is 0.109. The standard InChI is InChI=1S/C20H19F2NO4/c21-15-4-1-3-13(9-15)11-23(12-16-5-2-8-27-16)19(24)17-7-6-14(20(25)26)10-18(17)22/h1,3-4,6-7,9-10,16H,2,5,8,11-12H2,(H,25,26). The Morgan fingerprint density at radius 3 is 2.63 bits per heavy atom. The van der Waals surface area contributed by atoms with Crippen LogP contribution >= 0.6 is 0 Å². The summed E-state index contributed by atoms with van der Waals surface area (Å²) < 4.78 is 33.4. The molecular weight excluding hydrogens is 356 g/mol. The molecule has 5 nitrogen and oxygen atoms in total. The zero-order valence-electron chi connectivity index (χ0n) is 14.5. The van der Waals surface area contributed by atoms with Crippen LogP contribution < -0.4 is 0 Å². The summed E-state index contributed by atoms with van der Waals surface area (Å²) in [7, 11) is 0. The first-order chi connectivity index (χ1) is 12.9. The molecule has 1 aliphatic rings. The second-order valence-electron chi connectivity index (χ2n) is 6.45. The number of aromatic carboxylic acids is 1. The molecule has 1 N–H and O–H groups in total. The lowest BCUT2D eigenvalue weighted by molar-refractivity contribution is 0.0503. The monoisotopic (exact) mass is 375 g/mol. The van der Waals surface area contributed by atoms with Gasteiger partial charge in [0, 0.05) is 19.7 Å². The molecule has 7 heteroatoms. The van der Waals surface area contributed by atoms with Crippen molar-refractivity contribution in [1.82, 2.24) is 4.90 Å². The molecule has 0 spiro atoms. The Labute approximate surface area is 155 Å². The van der Waals surface area contributed by atoms with Crippen molar-refractivity contribution in [2.75, 3.05) is 13.2 Å². The van der Waals surface area contributed by atoms with Crippen LogP contribution in [0.3, 0.4) is 0 Å². The highest BCUT2D eigenvalue weighted by molar-refractivity contribution is 5.96. The lowest BCUT2D eigenvalue weighted by Crippen LogP contribution is -2.37. The maximum atomic E-state index is 14.3. The largest absolute Gasteiger partial charge is 0.478 e. The number of carboxylic acids is 1. The van der Waals surface area contributed by atoms with Crippen LogP contribution in [0, 0.1) is 11.6 Å². The van der Waals surface area contributed by atoms with E-state index in [1.54, 1.807) is 12.1 Å². The fourth-order valence-electron chi connectivity index (χ4n) is 3.10. The van der Waals surface area contributed by atoms with Crippen molar-refractivity contribution in [3.8, 4) is 0 Å². The highest BCUT2D eigenvalue weighted by atomic mass is 19.1. The summed E-state index contributed by atoms with van der Waals surface area (Å²) in [6, 6.07) is 9.02. The maximum Gasteiger partial charge on any atom is 0.335 e. The average Bonchev–Trinajstić information content (AvgIpc) is 3.13. The van der Waals surface area contributed by atoms with E-state index in [1.807, 2.05) is 0 Å². The van der Waals surface area contributed by atoms with Gasteiger partial charge in [-0.05, 0) is 48.7 Å². The normalized spacial score (nSPS) is 16.3. The van der Waals surface area contributed by atoms with Gasteiger partial charge in [0.05, 0.1) is 17.2 Å². The van der Waals surface area contributed by atoms with E-state index in [-0.39, 0.29) is 30.3 Å². The van der Waals surface area contributed by atoms with Gasteiger partial charge in [0.25, 0.3) is 5.91 Å². The van der Waals surface area contributed by atoms with Crippen molar-refractivity contribution in [3.05, 3.63) is 70.8 Å². The Bertz CT molecular complexity index is 850. The van der Waals surface area contributed by atoms with E-state index in [2.05, 4.69) is 0 Å². The minimum Gasteiger partial charge on any atom is -0.478 e. The van der Waals surface area contributed by atoms with Crippen LogP contribution in [-0.2, 0) is 11.3 Å². The average molecular weight is 375 g/mol. The fourth-order valence-corrected chi connectivity index (χ4v) is 3.10. The highest BCUT2D eigenvalue weighted by Crippen LogP contribution is 2.19. The molecule has 1 heterocycles. The molecule has 3 rings (SSSR count). The number of carbonyl (C=O) groups is 2. The molecule has 1 amide bonds. The quantitative estimate of drug-likeness (QED) is 0.839. The molecule has 27 heavy (non-hydrogen) atoms. The number of carboxylic acid groups (broad SMARTS) is 1. The van der Waals surface area contributed by atoms with E-state index in [0.717, 1.165) is 25.0 Å². The predicted molar refractivity (Wildman–Crippen MR) is 93.5 cm³/mol. The molecule has 142 valence electrons. The molecule has 2 aromatic carbocycles. The number of benzene rings is 2. The summed E-state index contributed by atoms with van der Waals surface area (Å²) in [6.45, 7) is 0.945. The third-order valence-electron chi connectivity index (χ3n) is 4.44. The predicted octanol–water partition coefficient (Wildman–Crippen LogP) is 3.48. The van der Waals surface area contributed by atoms with Gasteiger partial charge in [-0.1, -0.05) is 12.1 Å². The van der Waals surface area contributed by atoms with Gasteiger partial charge in [-0.15, -0.1) is 0 Å². The highest BCUT2D eigenvalue weighted by Gasteiger charge is 2.26. The van der Waals surface area contributed by atoms with Crippen LogP contribution in [0.1, 0.15) is 39.1 Å². The Hall–Kier alpha value is -2.80. The first kappa shape index (κ1) is 19.0. The van der Waals surface area contributed by atoms with E-state index in [9.17, 15) is 18.4 Å². The maximum absolute atomic E-state index is 14.3. The van der Waals surface area contributed by atoms with Gasteiger partial charge in [-0.25, -0.2) is 13.6 Å². The second-order valence-corrected chi connectivity index (χ2v) is 6.45. The summed E-state index contributed by atoms with van der Waals surface area (Å²) >= 11 is 0. The number of rotatable bonds is 6. The lowest BCUT2D eigenvalue weighted by Gasteiger charge is -2.26. The van der Waals surface area contributed by atoms with Crippen molar-refractivity contribution in [2.24, 2.45) is 0 Å². The molecular formula is C20H19F2NO4. The van der Waals surface area contributed by atoms with Crippen molar-refractivity contribution in [3.63, 3.8) is 0 Å². The van der Waals surface area contributed by atoms with Crippen LogP contribution in [0.25, 0.3) is 0 Å². The number of nitrogens with zero attached hydrogens (tertiary/aromatic N) is 1. The molecule has 1 saturated heterocycles. The Kier molecular flexibility index (Phi) is 5.81. The second kappa shape index (κ2) is 8.26. The number of ether oxygens (including phenoxy) is 1. The SMILES string of the molecule is O=C(O)c1ccc(C(=O)N(Cc2cccc(F)c2)CC2CCCO2)c(F)c1. The van der Waals surface area contributed by atoms with Crippen molar-refractivity contribution < 1.29 is 28.2 Å². The fraction of sp³-hybridized carbons (Fsp3) is 0.300. The van der Waals surface area contributed by atoms with E-state index in [4.69, 9.17) is 9.84 Å². The van der Waals surface area contributed by atoms with Crippen molar-refractivity contribution >= 4 is 11.9 Å².